The first-order chi connectivity index (χ1) is 12.9. The Labute approximate surface area is 175 Å². The molecule has 1 fully saturated rings. The molecule has 1 aromatic heterocycles. The van der Waals surface area contributed by atoms with Gasteiger partial charge in [0.1, 0.15) is 0 Å². The number of halogens is 1. The third kappa shape index (κ3) is 4.23. The molecule has 0 spiro atoms. The van der Waals surface area contributed by atoms with E-state index in [4.69, 9.17) is 0 Å². The second-order valence-corrected chi connectivity index (χ2v) is 9.99. The van der Waals surface area contributed by atoms with Crippen molar-refractivity contribution in [3.05, 3.63) is 40.4 Å². The lowest BCUT2D eigenvalue weighted by atomic mass is 10.2. The topological polar surface area (TPSA) is 82.6 Å². The van der Waals surface area contributed by atoms with E-state index in [1.807, 2.05) is 0 Å². The Morgan fingerprint density at radius 1 is 1.14 bits per heavy atom. The molecule has 1 saturated heterocycles. The van der Waals surface area contributed by atoms with Gasteiger partial charge in [0, 0.05) is 43.0 Å². The van der Waals surface area contributed by atoms with Gasteiger partial charge in [-0.25, -0.2) is 13.4 Å². The van der Waals surface area contributed by atoms with Crippen LogP contribution in [0.1, 0.15) is 33.8 Å². The number of aromatic nitrogens is 1. The number of nitrogens with one attached hydrogen (secondary N) is 1. The lowest BCUT2D eigenvalue weighted by Crippen LogP contribution is -2.27. The van der Waals surface area contributed by atoms with Crippen LogP contribution >= 0.6 is 23.7 Å². The fourth-order valence-electron chi connectivity index (χ4n) is 3.40. The van der Waals surface area contributed by atoms with Crippen molar-refractivity contribution in [3.63, 3.8) is 0 Å². The maximum absolute atomic E-state index is 12.6. The molecule has 0 bridgehead atoms. The third-order valence-electron chi connectivity index (χ3n) is 4.96. The van der Waals surface area contributed by atoms with Crippen molar-refractivity contribution in [3.8, 4) is 0 Å². The molecule has 10 heteroatoms. The smallest absolute Gasteiger partial charge is 0.257 e. The highest BCUT2D eigenvalue weighted by Gasteiger charge is 2.27. The van der Waals surface area contributed by atoms with Gasteiger partial charge < -0.3 is 4.90 Å². The first-order valence-corrected chi connectivity index (χ1v) is 11.3. The standard InChI is InChI=1S/C18H22N4O3S2.ClH/c1-21-11-8-15-16(12-21)26-18(19-15)20-17(23)13-4-6-14(7-5-13)27(24,25)22-9-2-3-10-22;/h4-7H,2-3,8-12H2,1H3,(H,19,20,23);1H. The first-order valence-electron chi connectivity index (χ1n) is 9.02. The number of thiazole rings is 1. The maximum atomic E-state index is 12.6. The Hall–Kier alpha value is -1.52. The van der Waals surface area contributed by atoms with E-state index in [2.05, 4.69) is 22.2 Å². The molecule has 28 heavy (non-hydrogen) atoms. The molecule has 1 amide bonds. The zero-order valence-corrected chi connectivity index (χ0v) is 18.0. The molecule has 7 nitrogen and oxygen atoms in total. The molecule has 1 N–H and O–H groups in total. The van der Waals surface area contributed by atoms with Gasteiger partial charge in [-0.15, -0.1) is 23.7 Å². The molecule has 0 unspecified atom stereocenters. The summed E-state index contributed by atoms with van der Waals surface area (Å²) in [7, 11) is -1.39. The predicted molar refractivity (Wildman–Crippen MR) is 112 cm³/mol. The molecule has 0 saturated carbocycles. The number of amides is 1. The van der Waals surface area contributed by atoms with Gasteiger partial charge in [-0.2, -0.15) is 4.31 Å². The van der Waals surface area contributed by atoms with Gasteiger partial charge in [-0.1, -0.05) is 0 Å². The summed E-state index contributed by atoms with van der Waals surface area (Å²) >= 11 is 1.50. The molecule has 2 aliphatic rings. The highest BCUT2D eigenvalue weighted by atomic mass is 35.5. The van der Waals surface area contributed by atoms with Crippen molar-refractivity contribution < 1.29 is 13.2 Å². The maximum Gasteiger partial charge on any atom is 0.257 e. The number of fused-ring (bicyclic) bond motifs is 1. The number of nitrogens with zero attached hydrogens (tertiary/aromatic N) is 3. The van der Waals surface area contributed by atoms with Crippen LogP contribution in [-0.4, -0.2) is 55.2 Å². The van der Waals surface area contributed by atoms with E-state index >= 15 is 0 Å². The Morgan fingerprint density at radius 2 is 1.82 bits per heavy atom. The second-order valence-electron chi connectivity index (χ2n) is 6.97. The zero-order chi connectivity index (χ0) is 19.0. The van der Waals surface area contributed by atoms with Gasteiger partial charge in [0.05, 0.1) is 10.6 Å². The van der Waals surface area contributed by atoms with E-state index in [1.165, 1.54) is 32.7 Å². The first kappa shape index (κ1) is 21.2. The van der Waals surface area contributed by atoms with Crippen LogP contribution in [0.25, 0.3) is 0 Å². The monoisotopic (exact) mass is 442 g/mol. The van der Waals surface area contributed by atoms with Crippen molar-refractivity contribution in [2.45, 2.75) is 30.7 Å². The van der Waals surface area contributed by atoms with Crippen molar-refractivity contribution in [1.82, 2.24) is 14.2 Å². The quantitative estimate of drug-likeness (QED) is 0.786. The van der Waals surface area contributed by atoms with Crippen molar-refractivity contribution in [2.75, 3.05) is 32.0 Å². The highest BCUT2D eigenvalue weighted by molar-refractivity contribution is 7.89. The number of carbonyl (C=O) groups excluding carboxylic acids is 1. The van der Waals surface area contributed by atoms with Gasteiger partial charge in [0.15, 0.2) is 5.13 Å². The van der Waals surface area contributed by atoms with E-state index in [0.717, 1.165) is 38.0 Å². The molecule has 0 radical (unpaired) electrons. The summed E-state index contributed by atoms with van der Waals surface area (Å²) in [5.74, 6) is -0.278. The molecule has 4 rings (SSSR count). The Kier molecular flexibility index (Phi) is 6.41. The number of carbonyl (C=O) groups is 1. The number of hydrogen-bond acceptors (Lipinski definition) is 6. The summed E-state index contributed by atoms with van der Waals surface area (Å²) in [6, 6.07) is 6.12. The summed E-state index contributed by atoms with van der Waals surface area (Å²) in [5.41, 5.74) is 1.47. The van der Waals surface area contributed by atoms with Crippen LogP contribution in [0.4, 0.5) is 5.13 Å². The molecule has 2 aliphatic heterocycles. The minimum Gasteiger partial charge on any atom is -0.301 e. The second kappa shape index (κ2) is 8.46. The van der Waals surface area contributed by atoms with E-state index in [9.17, 15) is 13.2 Å². The molecule has 1 aromatic carbocycles. The summed E-state index contributed by atoms with van der Waals surface area (Å²) in [6.45, 7) is 2.95. The van der Waals surface area contributed by atoms with Crippen LogP contribution in [0.5, 0.6) is 0 Å². The molecular formula is C18H23ClN4O3S2. The van der Waals surface area contributed by atoms with Crippen molar-refractivity contribution in [1.29, 1.82) is 0 Å². The SMILES string of the molecule is CN1CCc2nc(NC(=O)c3ccc(S(=O)(=O)N4CCCC4)cc3)sc2C1.Cl. The zero-order valence-electron chi connectivity index (χ0n) is 15.6. The number of anilines is 1. The van der Waals surface area contributed by atoms with Crippen LogP contribution in [0.3, 0.4) is 0 Å². The number of likely N-dealkylation sites (N-methyl/N-ethyl adjacent to an activating group) is 1. The average molecular weight is 443 g/mol. The molecule has 2 aromatic rings. The fourth-order valence-corrected chi connectivity index (χ4v) is 6.00. The van der Waals surface area contributed by atoms with Crippen LogP contribution in [0.15, 0.2) is 29.2 Å². The van der Waals surface area contributed by atoms with E-state index < -0.39 is 10.0 Å². The van der Waals surface area contributed by atoms with E-state index in [-0.39, 0.29) is 23.2 Å². The molecule has 0 atom stereocenters. The number of sulfonamides is 1. The summed E-state index contributed by atoms with van der Waals surface area (Å²) in [5, 5.41) is 3.43. The minimum atomic E-state index is -3.46. The summed E-state index contributed by atoms with van der Waals surface area (Å²) in [6.07, 6.45) is 2.68. The van der Waals surface area contributed by atoms with Crippen LogP contribution in [0, 0.1) is 0 Å². The fraction of sp³-hybridized carbons (Fsp3) is 0.444. The molecule has 152 valence electrons. The normalized spacial score (nSPS) is 17.8. The van der Waals surface area contributed by atoms with Crippen LogP contribution < -0.4 is 5.32 Å². The lowest BCUT2D eigenvalue weighted by molar-refractivity contribution is 0.102. The van der Waals surface area contributed by atoms with Gasteiger partial charge in [0.2, 0.25) is 10.0 Å². The van der Waals surface area contributed by atoms with Crippen LogP contribution in [-0.2, 0) is 23.0 Å². The number of hydrogen-bond donors (Lipinski definition) is 1. The van der Waals surface area contributed by atoms with Crippen molar-refractivity contribution in [2.24, 2.45) is 0 Å². The predicted octanol–water partition coefficient (Wildman–Crippen LogP) is 2.59. The average Bonchev–Trinajstić information content (AvgIpc) is 3.31. The number of rotatable bonds is 4. The molecular weight excluding hydrogens is 420 g/mol. The molecule has 3 heterocycles. The van der Waals surface area contributed by atoms with Gasteiger partial charge >= 0.3 is 0 Å². The Morgan fingerprint density at radius 3 is 2.50 bits per heavy atom. The Balaban J connectivity index is 0.00000225. The summed E-state index contributed by atoms with van der Waals surface area (Å²) in [4.78, 5) is 20.7. The lowest BCUT2D eigenvalue weighted by Gasteiger charge is -2.20. The van der Waals surface area contributed by atoms with Crippen molar-refractivity contribution >= 4 is 44.8 Å². The third-order valence-corrected chi connectivity index (χ3v) is 7.87. The Bertz CT molecular complexity index is 954. The highest BCUT2D eigenvalue weighted by Crippen LogP contribution is 2.28. The number of benzene rings is 1. The van der Waals surface area contributed by atoms with Gasteiger partial charge in [-0.3, -0.25) is 10.1 Å². The summed E-state index contributed by atoms with van der Waals surface area (Å²) < 4.78 is 26.6. The van der Waals surface area contributed by atoms with E-state index in [0.29, 0.717) is 23.8 Å². The largest absolute Gasteiger partial charge is 0.301 e. The van der Waals surface area contributed by atoms with Crippen LogP contribution in [0.2, 0.25) is 0 Å². The van der Waals surface area contributed by atoms with Gasteiger partial charge in [-0.05, 0) is 44.2 Å². The van der Waals surface area contributed by atoms with E-state index in [1.54, 1.807) is 12.1 Å². The minimum absolute atomic E-state index is 0. The molecule has 0 aliphatic carbocycles. The van der Waals surface area contributed by atoms with Gasteiger partial charge in [0.25, 0.3) is 5.91 Å².